The first-order chi connectivity index (χ1) is 17.6. The molecule has 3 aromatic heterocycles. The molecule has 1 aliphatic rings. The highest BCUT2D eigenvalue weighted by Gasteiger charge is 2.34. The highest BCUT2D eigenvalue weighted by Crippen LogP contribution is 2.34. The summed E-state index contributed by atoms with van der Waals surface area (Å²) in [5, 5.41) is 12.1. The van der Waals surface area contributed by atoms with Crippen LogP contribution in [0.3, 0.4) is 0 Å². The number of anilines is 2. The van der Waals surface area contributed by atoms with Gasteiger partial charge in [-0.2, -0.15) is 0 Å². The van der Waals surface area contributed by atoms with Crippen molar-refractivity contribution in [1.29, 1.82) is 0 Å². The molecule has 4 aromatic rings. The maximum absolute atomic E-state index is 12.7. The van der Waals surface area contributed by atoms with E-state index in [9.17, 15) is 19.2 Å². The summed E-state index contributed by atoms with van der Waals surface area (Å²) >= 11 is 1.25. The van der Waals surface area contributed by atoms with E-state index < -0.39 is 11.2 Å². The van der Waals surface area contributed by atoms with Crippen LogP contribution in [0.25, 0.3) is 11.2 Å². The van der Waals surface area contributed by atoms with Crippen LogP contribution >= 0.6 is 11.3 Å². The Balaban J connectivity index is 1.23. The summed E-state index contributed by atoms with van der Waals surface area (Å²) in [5.41, 5.74) is 2.77. The first-order valence-corrected chi connectivity index (χ1v) is 12.6. The van der Waals surface area contributed by atoms with Gasteiger partial charge in [0.25, 0.3) is 5.56 Å². The average molecular weight is 523 g/mol. The Bertz CT molecular complexity index is 1660. The minimum absolute atomic E-state index is 0.0326. The van der Waals surface area contributed by atoms with Crippen LogP contribution in [0.5, 0.6) is 0 Å². The van der Waals surface area contributed by atoms with Gasteiger partial charge in [0.05, 0.1) is 6.33 Å². The maximum atomic E-state index is 12.7. The van der Waals surface area contributed by atoms with Gasteiger partial charge in [0, 0.05) is 51.6 Å². The molecule has 192 valence electrons. The fraction of sp³-hybridized carbons (Fsp3) is 0.375. The number of rotatable bonds is 6. The zero-order valence-electron chi connectivity index (χ0n) is 20.9. The molecule has 1 saturated heterocycles. The Morgan fingerprint density at radius 1 is 1.11 bits per heavy atom. The summed E-state index contributed by atoms with van der Waals surface area (Å²) in [6, 6.07) is 5.98. The molecule has 5 rings (SSSR count). The number of nitrogens with one attached hydrogen (secondary N) is 1. The van der Waals surface area contributed by atoms with E-state index in [1.807, 2.05) is 32.0 Å². The molecule has 1 fully saturated rings. The van der Waals surface area contributed by atoms with E-state index in [-0.39, 0.29) is 41.9 Å². The van der Waals surface area contributed by atoms with Crippen LogP contribution in [0.4, 0.5) is 10.8 Å². The van der Waals surface area contributed by atoms with Crippen LogP contribution < -0.4 is 21.5 Å². The Morgan fingerprint density at radius 2 is 1.89 bits per heavy atom. The van der Waals surface area contributed by atoms with Crippen molar-refractivity contribution in [3.63, 3.8) is 0 Å². The number of aromatic nitrogens is 6. The van der Waals surface area contributed by atoms with E-state index in [4.69, 9.17) is 0 Å². The average Bonchev–Trinajstić information content (AvgIpc) is 3.60. The number of amides is 2. The molecular weight excluding hydrogens is 496 g/mol. The van der Waals surface area contributed by atoms with E-state index >= 15 is 0 Å². The van der Waals surface area contributed by atoms with Crippen molar-refractivity contribution in [3.05, 3.63) is 61.5 Å². The monoisotopic (exact) mass is 522 g/mol. The lowest BCUT2D eigenvalue weighted by Gasteiger charge is -2.17. The smallest absolute Gasteiger partial charge is 0.324 e. The second-order valence-electron chi connectivity index (χ2n) is 9.23. The summed E-state index contributed by atoms with van der Waals surface area (Å²) in [6.07, 6.45) is 1.84. The minimum atomic E-state index is -0.467. The summed E-state index contributed by atoms with van der Waals surface area (Å²) in [6.45, 7) is 4.76. The van der Waals surface area contributed by atoms with Crippen molar-refractivity contribution in [2.24, 2.45) is 14.1 Å². The Kier molecular flexibility index (Phi) is 6.23. The van der Waals surface area contributed by atoms with Crippen molar-refractivity contribution in [3.8, 4) is 0 Å². The number of aryl methyl sites for hydroxylation is 4. The van der Waals surface area contributed by atoms with Crippen molar-refractivity contribution in [2.75, 3.05) is 16.8 Å². The van der Waals surface area contributed by atoms with Crippen molar-refractivity contribution >= 4 is 45.1 Å². The van der Waals surface area contributed by atoms with Crippen LogP contribution in [-0.4, -0.2) is 47.2 Å². The number of hydrogen-bond donors (Lipinski definition) is 1. The molecule has 4 heterocycles. The van der Waals surface area contributed by atoms with Gasteiger partial charge < -0.3 is 14.8 Å². The second kappa shape index (κ2) is 9.39. The summed E-state index contributed by atoms with van der Waals surface area (Å²) in [7, 11) is 2.94. The van der Waals surface area contributed by atoms with Gasteiger partial charge >= 0.3 is 5.69 Å². The Hall–Kier alpha value is -4.13. The van der Waals surface area contributed by atoms with Crippen LogP contribution in [0.15, 0.2) is 34.1 Å². The standard InChI is InChI=1S/C24H26N8O4S/c1-13-5-6-16(9-14(13)2)32-11-15(10-18(32)34)21-27-28-23(37-21)26-17(33)7-8-31-12-25-20-19(31)22(35)30(4)24(36)29(20)3/h5-6,9,12,15H,7-8,10-11H2,1-4H3,(H,26,28,33). The normalized spacial score (nSPS) is 15.6. The number of imidazole rings is 1. The molecule has 0 spiro atoms. The van der Waals surface area contributed by atoms with Crippen molar-refractivity contribution < 1.29 is 9.59 Å². The number of nitrogens with zero attached hydrogens (tertiary/aromatic N) is 7. The van der Waals surface area contributed by atoms with E-state index in [1.54, 1.807) is 16.5 Å². The van der Waals surface area contributed by atoms with Gasteiger partial charge in [-0.15, -0.1) is 10.2 Å². The number of carbonyl (C=O) groups is 2. The quantitative estimate of drug-likeness (QED) is 0.405. The molecule has 13 heteroatoms. The lowest BCUT2D eigenvalue weighted by atomic mass is 10.1. The molecule has 2 amide bonds. The predicted molar refractivity (Wildman–Crippen MR) is 139 cm³/mol. The van der Waals surface area contributed by atoms with Crippen LogP contribution in [-0.2, 0) is 30.2 Å². The van der Waals surface area contributed by atoms with E-state index in [2.05, 4.69) is 20.5 Å². The zero-order valence-corrected chi connectivity index (χ0v) is 21.7. The number of hydrogen-bond acceptors (Lipinski definition) is 8. The highest BCUT2D eigenvalue weighted by molar-refractivity contribution is 7.15. The van der Waals surface area contributed by atoms with Crippen LogP contribution in [0.1, 0.15) is 34.9 Å². The van der Waals surface area contributed by atoms with Gasteiger partial charge in [-0.05, 0) is 37.1 Å². The fourth-order valence-corrected chi connectivity index (χ4v) is 5.29. The molecule has 12 nitrogen and oxygen atoms in total. The SMILES string of the molecule is Cc1ccc(N2CC(c3nnc(NC(=O)CCn4cnc5c4c(=O)n(C)c(=O)n5C)s3)CC2=O)cc1C. The third kappa shape index (κ3) is 4.46. The Morgan fingerprint density at radius 3 is 2.65 bits per heavy atom. The minimum Gasteiger partial charge on any atom is -0.324 e. The predicted octanol–water partition coefficient (Wildman–Crippen LogP) is 1.45. The maximum Gasteiger partial charge on any atom is 0.332 e. The molecule has 1 aliphatic heterocycles. The number of carbonyl (C=O) groups excluding carboxylic acids is 2. The molecule has 0 bridgehead atoms. The largest absolute Gasteiger partial charge is 0.332 e. The van der Waals surface area contributed by atoms with Gasteiger partial charge in [0.2, 0.25) is 16.9 Å². The van der Waals surface area contributed by atoms with Crippen LogP contribution in [0, 0.1) is 13.8 Å². The second-order valence-corrected chi connectivity index (χ2v) is 10.2. The topological polar surface area (TPSA) is 137 Å². The van der Waals surface area contributed by atoms with Gasteiger partial charge in [0.1, 0.15) is 5.01 Å². The number of fused-ring (bicyclic) bond motifs is 1. The van der Waals surface area contributed by atoms with Gasteiger partial charge in [0.15, 0.2) is 11.2 Å². The molecular formula is C24H26N8O4S. The molecule has 0 saturated carbocycles. The fourth-order valence-electron chi connectivity index (χ4n) is 4.44. The van der Waals surface area contributed by atoms with Gasteiger partial charge in [-0.25, -0.2) is 9.78 Å². The third-order valence-electron chi connectivity index (χ3n) is 6.76. The van der Waals surface area contributed by atoms with E-state index in [0.29, 0.717) is 23.1 Å². The van der Waals surface area contributed by atoms with Gasteiger partial charge in [-0.1, -0.05) is 17.4 Å². The molecule has 37 heavy (non-hydrogen) atoms. The molecule has 1 N–H and O–H groups in total. The summed E-state index contributed by atoms with van der Waals surface area (Å²) < 4.78 is 3.87. The first-order valence-electron chi connectivity index (χ1n) is 11.8. The molecule has 1 aromatic carbocycles. The van der Waals surface area contributed by atoms with Gasteiger partial charge in [-0.3, -0.25) is 23.5 Å². The first kappa shape index (κ1) is 24.6. The Labute approximate surface area is 215 Å². The lowest BCUT2D eigenvalue weighted by Crippen LogP contribution is -2.37. The number of benzene rings is 1. The lowest BCUT2D eigenvalue weighted by molar-refractivity contribution is -0.117. The van der Waals surface area contributed by atoms with E-state index in [1.165, 1.54) is 34.8 Å². The van der Waals surface area contributed by atoms with Crippen LogP contribution in [0.2, 0.25) is 0 Å². The summed E-state index contributed by atoms with van der Waals surface area (Å²) in [5.74, 6) is -0.367. The molecule has 0 radical (unpaired) electrons. The molecule has 0 aliphatic carbocycles. The molecule has 1 unspecified atom stereocenters. The zero-order chi connectivity index (χ0) is 26.4. The third-order valence-corrected chi connectivity index (χ3v) is 7.76. The summed E-state index contributed by atoms with van der Waals surface area (Å²) in [4.78, 5) is 55.9. The van der Waals surface area contributed by atoms with Crippen molar-refractivity contribution in [1.82, 2.24) is 28.9 Å². The van der Waals surface area contributed by atoms with Crippen molar-refractivity contribution in [2.45, 2.75) is 39.2 Å². The highest BCUT2D eigenvalue weighted by atomic mass is 32.1. The van der Waals surface area contributed by atoms with E-state index in [0.717, 1.165) is 15.8 Å². The molecule has 1 atom stereocenters.